The number of para-hydroxylation sites is 2. The number of carbonyl (C=O) groups excluding carboxylic acids is 2. The summed E-state index contributed by atoms with van der Waals surface area (Å²) in [6, 6.07) is 10.6. The average molecular weight is 513 g/mol. The molecule has 0 unspecified atom stereocenters. The fraction of sp³-hybridized carbons (Fsp3) is 0.280. The maximum atomic E-state index is 13.6. The Morgan fingerprint density at radius 1 is 1.15 bits per heavy atom. The number of allylic oxidation sites excluding steroid dienone is 3. The number of ether oxygens (including phenoxy) is 2. The van der Waals surface area contributed by atoms with Crippen LogP contribution in [-0.4, -0.2) is 31.0 Å². The summed E-state index contributed by atoms with van der Waals surface area (Å²) < 4.78 is 11.1. The third-order valence-corrected chi connectivity index (χ3v) is 6.58. The normalized spacial score (nSPS) is 17.9. The number of rotatable bonds is 5. The highest BCUT2D eigenvalue weighted by Crippen LogP contribution is 2.46. The molecule has 2 aromatic carbocycles. The molecule has 7 nitrogen and oxygen atoms in total. The highest BCUT2D eigenvalue weighted by molar-refractivity contribution is 9.10. The van der Waals surface area contributed by atoms with E-state index in [4.69, 9.17) is 9.47 Å². The monoisotopic (exact) mass is 512 g/mol. The first kappa shape index (κ1) is 22.9. The number of halogens is 1. The van der Waals surface area contributed by atoms with Crippen molar-refractivity contribution in [1.82, 2.24) is 5.32 Å². The molecule has 1 aliphatic heterocycles. The van der Waals surface area contributed by atoms with Gasteiger partial charge in [0.15, 0.2) is 17.3 Å². The van der Waals surface area contributed by atoms with Crippen molar-refractivity contribution >= 4 is 33.3 Å². The summed E-state index contributed by atoms with van der Waals surface area (Å²) in [7, 11) is 3.00. The second kappa shape index (κ2) is 9.31. The topological polar surface area (TPSA) is 96.9 Å². The van der Waals surface area contributed by atoms with Gasteiger partial charge in [0.1, 0.15) is 5.75 Å². The third kappa shape index (κ3) is 4.23. The van der Waals surface area contributed by atoms with Crippen molar-refractivity contribution < 1.29 is 24.2 Å². The van der Waals surface area contributed by atoms with Crippen molar-refractivity contribution in [2.45, 2.75) is 32.1 Å². The van der Waals surface area contributed by atoms with Crippen molar-refractivity contribution in [1.29, 1.82) is 0 Å². The zero-order chi connectivity index (χ0) is 23.7. The van der Waals surface area contributed by atoms with Crippen LogP contribution < -0.4 is 20.1 Å². The first-order valence-corrected chi connectivity index (χ1v) is 11.4. The fourth-order valence-electron chi connectivity index (χ4n) is 4.47. The predicted molar refractivity (Wildman–Crippen MR) is 128 cm³/mol. The summed E-state index contributed by atoms with van der Waals surface area (Å²) in [6.07, 6.45) is 1.91. The summed E-state index contributed by atoms with van der Waals surface area (Å²) in [5.41, 5.74) is 3.72. The van der Waals surface area contributed by atoms with E-state index in [1.165, 1.54) is 7.11 Å². The van der Waals surface area contributed by atoms with Crippen LogP contribution >= 0.6 is 15.9 Å². The lowest BCUT2D eigenvalue weighted by molar-refractivity contribution is -0.116. The zero-order valence-corrected chi connectivity index (χ0v) is 20.2. The minimum absolute atomic E-state index is 0.00649. The van der Waals surface area contributed by atoms with E-state index in [2.05, 4.69) is 26.6 Å². The summed E-state index contributed by atoms with van der Waals surface area (Å²) in [6.45, 7) is 1.83. The van der Waals surface area contributed by atoms with Gasteiger partial charge in [-0.15, -0.1) is 0 Å². The zero-order valence-electron chi connectivity index (χ0n) is 18.6. The molecule has 0 fully saturated rings. The first-order valence-electron chi connectivity index (χ1n) is 10.6. The van der Waals surface area contributed by atoms with Crippen LogP contribution in [0.25, 0.3) is 0 Å². The summed E-state index contributed by atoms with van der Waals surface area (Å²) in [5, 5.41) is 16.6. The van der Waals surface area contributed by atoms with Crippen molar-refractivity contribution in [3.63, 3.8) is 0 Å². The quantitative estimate of drug-likeness (QED) is 0.533. The van der Waals surface area contributed by atoms with Gasteiger partial charge in [0.05, 0.1) is 24.4 Å². The Balaban J connectivity index is 1.85. The van der Waals surface area contributed by atoms with Crippen LogP contribution in [0, 0.1) is 0 Å². The summed E-state index contributed by atoms with van der Waals surface area (Å²) in [5.74, 6) is -0.207. The number of carbonyl (C=O) groups is 2. The van der Waals surface area contributed by atoms with E-state index in [9.17, 15) is 14.7 Å². The lowest BCUT2D eigenvalue weighted by Crippen LogP contribution is -2.35. The number of phenolic OH excluding ortho intramolecular Hbond substituents is 1. The number of dihydropyridines is 1. The molecule has 1 aliphatic carbocycles. The number of phenols is 1. The molecule has 2 aliphatic rings. The van der Waals surface area contributed by atoms with E-state index in [1.807, 2.05) is 19.1 Å². The Morgan fingerprint density at radius 2 is 1.88 bits per heavy atom. The molecule has 1 amide bonds. The molecule has 0 aromatic heterocycles. The van der Waals surface area contributed by atoms with Crippen LogP contribution in [0.15, 0.2) is 63.4 Å². The van der Waals surface area contributed by atoms with Gasteiger partial charge in [-0.1, -0.05) is 12.1 Å². The van der Waals surface area contributed by atoms with Crippen molar-refractivity contribution in [3.8, 4) is 17.2 Å². The maximum Gasteiger partial charge on any atom is 0.254 e. The molecule has 0 saturated heterocycles. The lowest BCUT2D eigenvalue weighted by Gasteiger charge is -2.34. The minimum Gasteiger partial charge on any atom is -0.503 e. The van der Waals surface area contributed by atoms with Gasteiger partial charge in [-0.3, -0.25) is 9.59 Å². The standard InChI is InChI=1S/C25H25BrN2O5/c1-13-21(25(31)28-16-7-4-5-10-19(16)32-2)22(23-17(27-13)8-6-9-18(23)29)14-11-15(26)24(30)20(12-14)33-3/h4-5,7,10-12,22,27,30H,6,8-9H2,1-3H3,(H,28,31)/t22-/m1/s1. The van der Waals surface area contributed by atoms with Gasteiger partial charge >= 0.3 is 0 Å². The molecule has 4 rings (SSSR count). The lowest BCUT2D eigenvalue weighted by atomic mass is 9.75. The Bertz CT molecular complexity index is 1200. The van der Waals surface area contributed by atoms with Crippen LogP contribution in [0.1, 0.15) is 37.7 Å². The van der Waals surface area contributed by atoms with Gasteiger partial charge in [0, 0.05) is 34.9 Å². The molecule has 0 bridgehead atoms. The third-order valence-electron chi connectivity index (χ3n) is 5.98. The van der Waals surface area contributed by atoms with Gasteiger partial charge in [-0.2, -0.15) is 0 Å². The number of benzene rings is 2. The number of Topliss-reactive ketones (excluding diaryl/α,β-unsaturated/α-hetero) is 1. The molecule has 1 atom stereocenters. The number of nitrogens with one attached hydrogen (secondary N) is 2. The molecule has 3 N–H and O–H groups in total. The molecular formula is C25H25BrN2O5. The highest BCUT2D eigenvalue weighted by atomic mass is 79.9. The van der Waals surface area contributed by atoms with Crippen molar-refractivity contribution in [3.05, 3.63) is 69.0 Å². The maximum absolute atomic E-state index is 13.6. The number of hydrogen-bond donors (Lipinski definition) is 3. The van der Waals surface area contributed by atoms with E-state index in [1.54, 1.807) is 31.4 Å². The average Bonchev–Trinajstić information content (AvgIpc) is 2.80. The van der Waals surface area contributed by atoms with Gasteiger partial charge in [0.2, 0.25) is 0 Å². The molecule has 0 radical (unpaired) electrons. The van der Waals surface area contributed by atoms with E-state index >= 15 is 0 Å². The SMILES string of the molecule is COc1ccccc1NC(=O)C1=C(C)NC2=C(C(=O)CCC2)[C@@H]1c1cc(Br)c(O)c(OC)c1. The van der Waals surface area contributed by atoms with Crippen LogP contribution in [0.5, 0.6) is 17.2 Å². The van der Waals surface area contributed by atoms with Crippen LogP contribution in [0.2, 0.25) is 0 Å². The van der Waals surface area contributed by atoms with Crippen LogP contribution in [0.4, 0.5) is 5.69 Å². The molecule has 0 spiro atoms. The van der Waals surface area contributed by atoms with E-state index in [0.29, 0.717) is 44.7 Å². The summed E-state index contributed by atoms with van der Waals surface area (Å²) >= 11 is 3.37. The number of ketones is 1. The van der Waals surface area contributed by atoms with Crippen molar-refractivity contribution in [2.75, 3.05) is 19.5 Å². The number of aromatic hydroxyl groups is 1. The molecule has 33 heavy (non-hydrogen) atoms. The van der Waals surface area contributed by atoms with Gasteiger partial charge in [0.25, 0.3) is 5.91 Å². The first-order chi connectivity index (χ1) is 15.8. The molecule has 8 heteroatoms. The smallest absolute Gasteiger partial charge is 0.254 e. The second-order valence-corrected chi connectivity index (χ2v) is 8.83. The molecule has 0 saturated carbocycles. The number of anilines is 1. The molecular weight excluding hydrogens is 488 g/mol. The Hall–Kier alpha value is -3.26. The number of amides is 1. The number of methoxy groups -OCH3 is 2. The van der Waals surface area contributed by atoms with Gasteiger partial charge in [-0.05, 0) is 65.5 Å². The van der Waals surface area contributed by atoms with E-state index in [0.717, 1.165) is 18.5 Å². The molecule has 1 heterocycles. The van der Waals surface area contributed by atoms with Crippen molar-refractivity contribution in [2.24, 2.45) is 0 Å². The predicted octanol–water partition coefficient (Wildman–Crippen LogP) is 4.78. The minimum atomic E-state index is -0.616. The molecule has 2 aromatic rings. The second-order valence-electron chi connectivity index (χ2n) is 7.97. The van der Waals surface area contributed by atoms with Gasteiger partial charge in [-0.25, -0.2) is 0 Å². The van der Waals surface area contributed by atoms with Gasteiger partial charge < -0.3 is 25.2 Å². The largest absolute Gasteiger partial charge is 0.503 e. The summed E-state index contributed by atoms with van der Waals surface area (Å²) in [4.78, 5) is 26.7. The fourth-order valence-corrected chi connectivity index (χ4v) is 4.93. The number of hydrogen-bond acceptors (Lipinski definition) is 6. The van der Waals surface area contributed by atoms with E-state index in [-0.39, 0.29) is 23.2 Å². The molecule has 172 valence electrons. The highest BCUT2D eigenvalue weighted by Gasteiger charge is 2.39. The van der Waals surface area contributed by atoms with Crippen LogP contribution in [0.3, 0.4) is 0 Å². The Labute approximate surface area is 200 Å². The van der Waals surface area contributed by atoms with Crippen LogP contribution in [-0.2, 0) is 9.59 Å². The van der Waals surface area contributed by atoms with E-state index < -0.39 is 5.92 Å². The Kier molecular flexibility index (Phi) is 6.47. The Morgan fingerprint density at radius 3 is 2.61 bits per heavy atom.